The molecule has 2 atom stereocenters. The van der Waals surface area contributed by atoms with Gasteiger partial charge < -0.3 is 5.32 Å². The van der Waals surface area contributed by atoms with Gasteiger partial charge in [0, 0.05) is 12.6 Å². The predicted molar refractivity (Wildman–Crippen MR) is 87.4 cm³/mol. The normalized spacial score (nSPS) is 20.4. The molecule has 1 saturated heterocycles. The van der Waals surface area contributed by atoms with Crippen molar-refractivity contribution in [2.75, 3.05) is 19.6 Å². The van der Waals surface area contributed by atoms with Crippen LogP contribution in [-0.4, -0.2) is 36.5 Å². The summed E-state index contributed by atoms with van der Waals surface area (Å²) in [5.74, 6) is 0.179. The summed E-state index contributed by atoms with van der Waals surface area (Å²) < 4.78 is 0. The summed E-state index contributed by atoms with van der Waals surface area (Å²) in [6, 6.07) is 10.7. The summed E-state index contributed by atoms with van der Waals surface area (Å²) in [5.41, 5.74) is 1.13. The van der Waals surface area contributed by atoms with Crippen LogP contribution in [0.2, 0.25) is 0 Å². The van der Waals surface area contributed by atoms with E-state index in [1.807, 2.05) is 18.2 Å². The number of nitrogens with one attached hydrogen (secondary N) is 1. The molecule has 2 rings (SSSR count). The second-order valence-electron chi connectivity index (χ2n) is 5.92. The Morgan fingerprint density at radius 1 is 1.33 bits per heavy atom. The number of rotatable bonds is 7. The SMILES string of the molecule is CCC[C@@H](C(=O)NC[C@H]1CCCN1CC)c1ccccc1. The van der Waals surface area contributed by atoms with Gasteiger partial charge in [-0.15, -0.1) is 0 Å². The highest BCUT2D eigenvalue weighted by molar-refractivity contribution is 5.83. The van der Waals surface area contributed by atoms with Gasteiger partial charge in [-0.3, -0.25) is 9.69 Å². The Labute approximate surface area is 128 Å². The first-order valence-electron chi connectivity index (χ1n) is 8.33. The van der Waals surface area contributed by atoms with Gasteiger partial charge in [-0.05, 0) is 37.9 Å². The summed E-state index contributed by atoms with van der Waals surface area (Å²) in [6.45, 7) is 7.38. The summed E-state index contributed by atoms with van der Waals surface area (Å²) >= 11 is 0. The third-order valence-corrected chi connectivity index (χ3v) is 4.51. The molecular formula is C18H28N2O. The Hall–Kier alpha value is -1.35. The first-order chi connectivity index (χ1) is 10.3. The number of likely N-dealkylation sites (tertiary alicyclic amines) is 1. The molecule has 1 N–H and O–H groups in total. The van der Waals surface area contributed by atoms with Crippen LogP contribution in [0.1, 0.15) is 51.0 Å². The van der Waals surface area contributed by atoms with Crippen molar-refractivity contribution >= 4 is 5.91 Å². The highest BCUT2D eigenvalue weighted by Crippen LogP contribution is 2.22. The number of amides is 1. The Kier molecular flexibility index (Phi) is 6.24. The fourth-order valence-corrected chi connectivity index (χ4v) is 3.31. The minimum Gasteiger partial charge on any atom is -0.354 e. The summed E-state index contributed by atoms with van der Waals surface area (Å²) in [5, 5.41) is 3.19. The minimum atomic E-state index is -0.00678. The lowest BCUT2D eigenvalue weighted by molar-refractivity contribution is -0.122. The first kappa shape index (κ1) is 16.0. The van der Waals surface area contributed by atoms with Gasteiger partial charge in [-0.1, -0.05) is 50.6 Å². The molecule has 0 saturated carbocycles. The molecule has 1 aromatic carbocycles. The Bertz CT molecular complexity index is 432. The lowest BCUT2D eigenvalue weighted by Crippen LogP contribution is -2.41. The van der Waals surface area contributed by atoms with Crippen LogP contribution in [0.4, 0.5) is 0 Å². The van der Waals surface area contributed by atoms with Crippen molar-refractivity contribution < 1.29 is 4.79 Å². The van der Waals surface area contributed by atoms with E-state index in [4.69, 9.17) is 0 Å². The smallest absolute Gasteiger partial charge is 0.227 e. The van der Waals surface area contributed by atoms with Crippen molar-refractivity contribution in [1.82, 2.24) is 10.2 Å². The Morgan fingerprint density at radius 3 is 2.76 bits per heavy atom. The Morgan fingerprint density at radius 2 is 2.10 bits per heavy atom. The van der Waals surface area contributed by atoms with Crippen molar-refractivity contribution in [2.45, 2.75) is 51.5 Å². The number of carbonyl (C=O) groups is 1. The van der Waals surface area contributed by atoms with E-state index in [1.54, 1.807) is 0 Å². The van der Waals surface area contributed by atoms with Crippen LogP contribution >= 0.6 is 0 Å². The van der Waals surface area contributed by atoms with Gasteiger partial charge in [-0.25, -0.2) is 0 Å². The fourth-order valence-electron chi connectivity index (χ4n) is 3.31. The predicted octanol–water partition coefficient (Wildman–Crippen LogP) is 3.17. The molecule has 0 unspecified atom stereocenters. The van der Waals surface area contributed by atoms with Crippen LogP contribution in [0, 0.1) is 0 Å². The van der Waals surface area contributed by atoms with Gasteiger partial charge in [0.1, 0.15) is 0 Å². The summed E-state index contributed by atoms with van der Waals surface area (Å²) in [7, 11) is 0. The zero-order valence-electron chi connectivity index (χ0n) is 13.3. The van der Waals surface area contributed by atoms with Crippen LogP contribution in [0.3, 0.4) is 0 Å². The molecule has 3 heteroatoms. The topological polar surface area (TPSA) is 32.3 Å². The number of likely N-dealkylation sites (N-methyl/N-ethyl adjacent to an activating group) is 1. The molecule has 1 amide bonds. The maximum Gasteiger partial charge on any atom is 0.227 e. The van der Waals surface area contributed by atoms with Gasteiger partial charge in [-0.2, -0.15) is 0 Å². The molecule has 3 nitrogen and oxygen atoms in total. The van der Waals surface area contributed by atoms with E-state index in [-0.39, 0.29) is 11.8 Å². The third-order valence-electron chi connectivity index (χ3n) is 4.51. The van der Waals surface area contributed by atoms with Gasteiger partial charge >= 0.3 is 0 Å². The highest BCUT2D eigenvalue weighted by Gasteiger charge is 2.25. The van der Waals surface area contributed by atoms with Crippen LogP contribution in [0.5, 0.6) is 0 Å². The molecular weight excluding hydrogens is 260 g/mol. The largest absolute Gasteiger partial charge is 0.354 e. The number of benzene rings is 1. The number of nitrogens with zero attached hydrogens (tertiary/aromatic N) is 1. The lowest BCUT2D eigenvalue weighted by Gasteiger charge is -2.24. The minimum absolute atomic E-state index is 0.00678. The zero-order chi connectivity index (χ0) is 15.1. The molecule has 0 bridgehead atoms. The maximum atomic E-state index is 12.6. The van der Waals surface area contributed by atoms with Crippen molar-refractivity contribution in [1.29, 1.82) is 0 Å². The van der Waals surface area contributed by atoms with Gasteiger partial charge in [0.15, 0.2) is 0 Å². The molecule has 0 aromatic heterocycles. The number of hydrogen-bond acceptors (Lipinski definition) is 2. The molecule has 0 spiro atoms. The van der Waals surface area contributed by atoms with Gasteiger partial charge in [0.2, 0.25) is 5.91 Å². The molecule has 116 valence electrons. The van der Waals surface area contributed by atoms with Gasteiger partial charge in [0.05, 0.1) is 5.92 Å². The molecule has 1 heterocycles. The van der Waals surface area contributed by atoms with E-state index in [9.17, 15) is 4.79 Å². The van der Waals surface area contributed by atoms with E-state index in [0.717, 1.165) is 31.5 Å². The van der Waals surface area contributed by atoms with Crippen molar-refractivity contribution in [3.8, 4) is 0 Å². The lowest BCUT2D eigenvalue weighted by atomic mass is 9.93. The molecule has 1 fully saturated rings. The van der Waals surface area contributed by atoms with E-state index in [1.165, 1.54) is 19.4 Å². The van der Waals surface area contributed by atoms with E-state index in [2.05, 4.69) is 36.2 Å². The molecule has 0 aliphatic carbocycles. The monoisotopic (exact) mass is 288 g/mol. The molecule has 21 heavy (non-hydrogen) atoms. The van der Waals surface area contributed by atoms with Crippen LogP contribution in [0.15, 0.2) is 30.3 Å². The van der Waals surface area contributed by atoms with Crippen LogP contribution in [0.25, 0.3) is 0 Å². The quantitative estimate of drug-likeness (QED) is 0.836. The zero-order valence-corrected chi connectivity index (χ0v) is 13.3. The first-order valence-corrected chi connectivity index (χ1v) is 8.33. The van der Waals surface area contributed by atoms with Crippen LogP contribution in [-0.2, 0) is 4.79 Å². The molecule has 1 aromatic rings. The van der Waals surface area contributed by atoms with Gasteiger partial charge in [0.25, 0.3) is 0 Å². The highest BCUT2D eigenvalue weighted by atomic mass is 16.1. The fraction of sp³-hybridized carbons (Fsp3) is 0.611. The average Bonchev–Trinajstić information content (AvgIpc) is 2.98. The average molecular weight is 288 g/mol. The Balaban J connectivity index is 1.93. The van der Waals surface area contributed by atoms with E-state index >= 15 is 0 Å². The van der Waals surface area contributed by atoms with Crippen molar-refractivity contribution in [3.63, 3.8) is 0 Å². The second kappa shape index (κ2) is 8.18. The standard InChI is InChI=1S/C18H28N2O/c1-3-9-17(15-10-6-5-7-11-15)18(21)19-14-16-12-8-13-20(16)4-2/h5-7,10-11,16-17H,3-4,8-9,12-14H2,1-2H3,(H,19,21)/t16-,17-/m1/s1. The second-order valence-corrected chi connectivity index (χ2v) is 5.92. The van der Waals surface area contributed by atoms with Crippen LogP contribution < -0.4 is 5.32 Å². The van der Waals surface area contributed by atoms with Crippen molar-refractivity contribution in [3.05, 3.63) is 35.9 Å². The summed E-state index contributed by atoms with van der Waals surface area (Å²) in [6.07, 6.45) is 4.40. The number of hydrogen-bond donors (Lipinski definition) is 1. The van der Waals surface area contributed by atoms with Crippen molar-refractivity contribution in [2.24, 2.45) is 0 Å². The molecule has 1 aliphatic heterocycles. The molecule has 1 aliphatic rings. The third kappa shape index (κ3) is 4.31. The number of carbonyl (C=O) groups excluding carboxylic acids is 1. The molecule has 0 radical (unpaired) electrons. The maximum absolute atomic E-state index is 12.6. The van der Waals surface area contributed by atoms with E-state index in [0.29, 0.717) is 6.04 Å². The summed E-state index contributed by atoms with van der Waals surface area (Å²) in [4.78, 5) is 15.0. The van der Waals surface area contributed by atoms with E-state index < -0.39 is 0 Å².